The van der Waals surface area contributed by atoms with E-state index in [-0.39, 0.29) is 17.9 Å². The lowest BCUT2D eigenvalue weighted by Gasteiger charge is -2.30. The summed E-state index contributed by atoms with van der Waals surface area (Å²) >= 11 is 0. The van der Waals surface area contributed by atoms with E-state index < -0.39 is 30.9 Å². The van der Waals surface area contributed by atoms with Gasteiger partial charge in [-0.3, -0.25) is 0 Å². The highest BCUT2D eigenvalue weighted by atomic mass is 19.3. The largest absolute Gasteiger partial charge is 0.432 e. The molecule has 0 aliphatic heterocycles. The van der Waals surface area contributed by atoms with E-state index in [1.165, 1.54) is 6.07 Å². The van der Waals surface area contributed by atoms with Gasteiger partial charge >= 0.3 is 12.7 Å². The van der Waals surface area contributed by atoms with Crippen LogP contribution in [0.25, 0.3) is 0 Å². The van der Waals surface area contributed by atoms with Crippen molar-refractivity contribution in [2.75, 3.05) is 0 Å². The van der Waals surface area contributed by atoms with Crippen molar-refractivity contribution in [1.29, 1.82) is 0 Å². The van der Waals surface area contributed by atoms with Crippen LogP contribution in [0.5, 0.6) is 5.75 Å². The molecule has 0 amide bonds. The standard InChI is InChI=1S/C20H25F5O2/c1-2-3-4-14-5-7-15(8-6-14)12-20(24,25)26-13-16-9-10-18(17(21)11-16)27-19(22)23/h2,9-11,14-15,19H,1,3-8,12-13H2. The van der Waals surface area contributed by atoms with Crippen molar-refractivity contribution in [2.24, 2.45) is 11.8 Å². The number of ether oxygens (including phenoxy) is 2. The van der Waals surface area contributed by atoms with E-state index in [0.717, 1.165) is 50.7 Å². The fourth-order valence-corrected chi connectivity index (χ4v) is 3.49. The molecule has 0 bridgehead atoms. The molecule has 0 spiro atoms. The van der Waals surface area contributed by atoms with E-state index in [1.54, 1.807) is 0 Å². The predicted molar refractivity (Wildman–Crippen MR) is 92.3 cm³/mol. The number of allylic oxidation sites excluding steroid dienone is 1. The molecule has 27 heavy (non-hydrogen) atoms. The van der Waals surface area contributed by atoms with Crippen molar-refractivity contribution in [3.05, 3.63) is 42.2 Å². The smallest absolute Gasteiger partial charge is 0.387 e. The molecular weight excluding hydrogens is 367 g/mol. The van der Waals surface area contributed by atoms with Gasteiger partial charge in [0, 0.05) is 6.42 Å². The summed E-state index contributed by atoms with van der Waals surface area (Å²) < 4.78 is 74.7. The second kappa shape index (κ2) is 10.1. The Morgan fingerprint density at radius 3 is 2.41 bits per heavy atom. The highest BCUT2D eigenvalue weighted by Gasteiger charge is 2.35. The Balaban J connectivity index is 1.79. The summed E-state index contributed by atoms with van der Waals surface area (Å²) in [6, 6.07) is 3.06. The molecule has 0 radical (unpaired) electrons. The van der Waals surface area contributed by atoms with Gasteiger partial charge in [0.25, 0.3) is 0 Å². The van der Waals surface area contributed by atoms with E-state index in [9.17, 15) is 22.0 Å². The van der Waals surface area contributed by atoms with Crippen LogP contribution in [0.3, 0.4) is 0 Å². The molecule has 0 atom stereocenters. The van der Waals surface area contributed by atoms with Crippen LogP contribution in [0, 0.1) is 17.7 Å². The van der Waals surface area contributed by atoms with Gasteiger partial charge in [0.2, 0.25) is 0 Å². The lowest BCUT2D eigenvalue weighted by Crippen LogP contribution is -2.27. The van der Waals surface area contributed by atoms with Crippen molar-refractivity contribution in [3.63, 3.8) is 0 Å². The van der Waals surface area contributed by atoms with Gasteiger partial charge in [-0.2, -0.15) is 17.6 Å². The van der Waals surface area contributed by atoms with Crippen LogP contribution in [0.4, 0.5) is 22.0 Å². The summed E-state index contributed by atoms with van der Waals surface area (Å²) in [6.45, 7) is 0.0360. The Kier molecular flexibility index (Phi) is 8.07. The van der Waals surface area contributed by atoms with Gasteiger partial charge in [-0.05, 0) is 55.2 Å². The third-order valence-corrected chi connectivity index (χ3v) is 4.93. The Morgan fingerprint density at radius 1 is 1.15 bits per heavy atom. The number of rotatable bonds is 10. The van der Waals surface area contributed by atoms with Crippen LogP contribution in [-0.2, 0) is 11.3 Å². The van der Waals surface area contributed by atoms with Crippen LogP contribution in [0.1, 0.15) is 50.5 Å². The zero-order valence-electron chi connectivity index (χ0n) is 15.1. The molecule has 0 unspecified atom stereocenters. The number of alkyl halides is 4. The monoisotopic (exact) mass is 392 g/mol. The number of hydrogen-bond donors (Lipinski definition) is 0. The maximum Gasteiger partial charge on any atom is 0.387 e. The van der Waals surface area contributed by atoms with E-state index in [4.69, 9.17) is 0 Å². The molecule has 0 heterocycles. The average molecular weight is 392 g/mol. The SMILES string of the molecule is C=CCCC1CCC(CC(F)(F)OCc2ccc(OC(F)F)c(F)c2)CC1. The predicted octanol–water partition coefficient (Wildman–Crippen LogP) is 6.70. The summed E-state index contributed by atoms with van der Waals surface area (Å²) in [5.74, 6) is -1.20. The minimum Gasteiger partial charge on any atom is -0.432 e. The lowest BCUT2D eigenvalue weighted by atomic mass is 9.78. The van der Waals surface area contributed by atoms with E-state index >= 15 is 0 Å². The van der Waals surface area contributed by atoms with Crippen LogP contribution in [0.15, 0.2) is 30.9 Å². The molecule has 0 N–H and O–H groups in total. The lowest BCUT2D eigenvalue weighted by molar-refractivity contribution is -0.256. The molecule has 1 aromatic carbocycles. The minimum absolute atomic E-state index is 0.0986. The Morgan fingerprint density at radius 2 is 1.81 bits per heavy atom. The number of halogens is 5. The fraction of sp³-hybridized carbons (Fsp3) is 0.600. The summed E-state index contributed by atoms with van der Waals surface area (Å²) in [6.07, 6.45) is 3.57. The third kappa shape index (κ3) is 7.48. The number of hydrogen-bond acceptors (Lipinski definition) is 2. The van der Waals surface area contributed by atoms with Crippen molar-refractivity contribution in [1.82, 2.24) is 0 Å². The zero-order valence-corrected chi connectivity index (χ0v) is 15.1. The maximum atomic E-state index is 14.1. The summed E-state index contributed by atoms with van der Waals surface area (Å²) in [5, 5.41) is 0. The van der Waals surface area contributed by atoms with Crippen molar-refractivity contribution in [2.45, 2.75) is 64.3 Å². The van der Waals surface area contributed by atoms with Crippen molar-refractivity contribution in [3.8, 4) is 5.75 Å². The second-order valence-corrected chi connectivity index (χ2v) is 7.03. The van der Waals surface area contributed by atoms with Gasteiger partial charge in [0.05, 0.1) is 6.61 Å². The Bertz CT molecular complexity index is 598. The topological polar surface area (TPSA) is 18.5 Å². The summed E-state index contributed by atoms with van der Waals surface area (Å²) in [4.78, 5) is 0. The van der Waals surface area contributed by atoms with Crippen molar-refractivity contribution < 1.29 is 31.4 Å². The molecule has 1 aliphatic rings. The first-order valence-electron chi connectivity index (χ1n) is 9.15. The second-order valence-electron chi connectivity index (χ2n) is 7.03. The van der Waals surface area contributed by atoms with Crippen LogP contribution in [-0.4, -0.2) is 12.7 Å². The third-order valence-electron chi connectivity index (χ3n) is 4.93. The molecule has 0 aromatic heterocycles. The molecular formula is C20H25F5O2. The van der Waals surface area contributed by atoms with Gasteiger partial charge in [0.15, 0.2) is 11.6 Å². The molecule has 2 nitrogen and oxygen atoms in total. The van der Waals surface area contributed by atoms with Crippen LogP contribution in [0.2, 0.25) is 0 Å². The molecule has 7 heteroatoms. The first-order valence-corrected chi connectivity index (χ1v) is 9.15. The average Bonchev–Trinajstić information content (AvgIpc) is 2.61. The van der Waals surface area contributed by atoms with Gasteiger partial charge in [0.1, 0.15) is 0 Å². The minimum atomic E-state index is -3.31. The van der Waals surface area contributed by atoms with Gasteiger partial charge in [-0.1, -0.05) is 25.0 Å². The Labute approximate surface area is 156 Å². The van der Waals surface area contributed by atoms with Gasteiger partial charge in [-0.15, -0.1) is 6.58 Å². The highest BCUT2D eigenvalue weighted by Crippen LogP contribution is 2.38. The van der Waals surface area contributed by atoms with Crippen molar-refractivity contribution >= 4 is 0 Å². The first kappa shape index (κ1) is 21.7. The molecule has 2 rings (SSSR count). The Hall–Kier alpha value is -1.63. The molecule has 1 aromatic rings. The summed E-state index contributed by atoms with van der Waals surface area (Å²) in [5.41, 5.74) is 0.127. The maximum absolute atomic E-state index is 14.1. The quantitative estimate of drug-likeness (QED) is 0.326. The van der Waals surface area contributed by atoms with Gasteiger partial charge in [-0.25, -0.2) is 4.39 Å². The van der Waals surface area contributed by atoms with Crippen LogP contribution < -0.4 is 4.74 Å². The van der Waals surface area contributed by atoms with Crippen LogP contribution >= 0.6 is 0 Å². The van der Waals surface area contributed by atoms with E-state index in [0.29, 0.717) is 5.92 Å². The normalized spacial score (nSPS) is 20.7. The van der Waals surface area contributed by atoms with E-state index in [2.05, 4.69) is 16.1 Å². The molecule has 1 saturated carbocycles. The van der Waals surface area contributed by atoms with E-state index in [1.807, 2.05) is 6.08 Å². The fourth-order valence-electron chi connectivity index (χ4n) is 3.49. The number of benzene rings is 1. The molecule has 1 fully saturated rings. The highest BCUT2D eigenvalue weighted by molar-refractivity contribution is 5.29. The molecule has 0 saturated heterocycles. The van der Waals surface area contributed by atoms with Gasteiger partial charge < -0.3 is 9.47 Å². The molecule has 152 valence electrons. The zero-order chi connectivity index (χ0) is 19.9. The molecule has 1 aliphatic carbocycles. The first-order chi connectivity index (χ1) is 12.8. The summed E-state index contributed by atoms with van der Waals surface area (Å²) in [7, 11) is 0.